The van der Waals surface area contributed by atoms with Gasteiger partial charge in [0, 0.05) is 17.5 Å². The molecule has 19 heavy (non-hydrogen) atoms. The topological polar surface area (TPSA) is 12.0 Å². The van der Waals surface area contributed by atoms with Gasteiger partial charge in [-0.3, -0.25) is 0 Å². The van der Waals surface area contributed by atoms with Crippen molar-refractivity contribution in [3.8, 4) is 0 Å². The van der Waals surface area contributed by atoms with Crippen LogP contribution in [-0.2, 0) is 0 Å². The lowest BCUT2D eigenvalue weighted by Crippen LogP contribution is -2.48. The minimum absolute atomic E-state index is 0.525. The van der Waals surface area contributed by atoms with E-state index in [1.165, 1.54) is 44.2 Å². The zero-order chi connectivity index (χ0) is 13.3. The van der Waals surface area contributed by atoms with Gasteiger partial charge in [-0.1, -0.05) is 49.9 Å². The van der Waals surface area contributed by atoms with E-state index < -0.39 is 0 Å². The van der Waals surface area contributed by atoms with Gasteiger partial charge in [0.1, 0.15) is 0 Å². The smallest absolute Gasteiger partial charge is 0.0406 e. The highest BCUT2D eigenvalue weighted by molar-refractivity contribution is 6.30. The zero-order valence-corrected chi connectivity index (χ0v) is 12.5. The van der Waals surface area contributed by atoms with E-state index in [9.17, 15) is 0 Å². The van der Waals surface area contributed by atoms with Gasteiger partial charge in [0.15, 0.2) is 0 Å². The molecule has 1 aromatic rings. The van der Waals surface area contributed by atoms with Crippen LogP contribution in [0.5, 0.6) is 0 Å². The van der Waals surface area contributed by atoms with Crippen LogP contribution in [0, 0.1) is 11.3 Å². The molecule has 0 aromatic heterocycles. The maximum Gasteiger partial charge on any atom is 0.0406 e. The highest BCUT2D eigenvalue weighted by atomic mass is 35.5. The van der Waals surface area contributed by atoms with Gasteiger partial charge in [-0.05, 0) is 48.4 Å². The predicted octanol–water partition coefficient (Wildman–Crippen LogP) is 4.61. The van der Waals surface area contributed by atoms with E-state index in [1.807, 2.05) is 12.1 Å². The molecule has 3 unspecified atom stereocenters. The summed E-state index contributed by atoms with van der Waals surface area (Å²) < 4.78 is 0. The van der Waals surface area contributed by atoms with E-state index in [1.54, 1.807) is 0 Å². The fourth-order valence-electron chi connectivity index (χ4n) is 4.42. The Kier molecular flexibility index (Phi) is 3.86. The van der Waals surface area contributed by atoms with Crippen LogP contribution in [0.1, 0.15) is 50.5 Å². The van der Waals surface area contributed by atoms with Crippen LogP contribution < -0.4 is 5.32 Å². The van der Waals surface area contributed by atoms with Gasteiger partial charge in [-0.25, -0.2) is 0 Å². The van der Waals surface area contributed by atoms with Crippen molar-refractivity contribution >= 4 is 11.6 Å². The Bertz CT molecular complexity index is 421. The first-order valence-corrected chi connectivity index (χ1v) is 8.06. The van der Waals surface area contributed by atoms with Crippen LogP contribution in [-0.4, -0.2) is 13.1 Å². The minimum atomic E-state index is 0.525. The Hall–Kier alpha value is -0.530. The van der Waals surface area contributed by atoms with Crippen LogP contribution in [0.25, 0.3) is 0 Å². The summed E-state index contributed by atoms with van der Waals surface area (Å²) in [4.78, 5) is 0. The molecule has 1 aliphatic carbocycles. The summed E-state index contributed by atoms with van der Waals surface area (Å²) >= 11 is 6.04. The highest BCUT2D eigenvalue weighted by Gasteiger charge is 2.46. The summed E-state index contributed by atoms with van der Waals surface area (Å²) in [6.07, 6.45) is 6.98. The number of piperidine rings is 1. The molecule has 3 atom stereocenters. The zero-order valence-electron chi connectivity index (χ0n) is 11.8. The number of nitrogens with one attached hydrogen (secondary N) is 1. The second kappa shape index (κ2) is 5.46. The van der Waals surface area contributed by atoms with E-state index in [0.29, 0.717) is 11.3 Å². The SMILES string of the molecule is CC1CCCCC12CCNCC2c1ccc(Cl)cc1. The molecule has 2 fully saturated rings. The Labute approximate surface area is 121 Å². The molecule has 0 radical (unpaired) electrons. The summed E-state index contributed by atoms with van der Waals surface area (Å²) in [5.41, 5.74) is 2.00. The van der Waals surface area contributed by atoms with Crippen molar-refractivity contribution in [1.29, 1.82) is 0 Å². The third kappa shape index (κ3) is 2.43. The average Bonchev–Trinajstić information content (AvgIpc) is 2.44. The van der Waals surface area contributed by atoms with E-state index in [2.05, 4.69) is 24.4 Å². The maximum absolute atomic E-state index is 6.04. The van der Waals surface area contributed by atoms with Crippen LogP contribution >= 0.6 is 11.6 Å². The normalized spacial score (nSPS) is 35.5. The molecule has 1 saturated carbocycles. The highest BCUT2D eigenvalue weighted by Crippen LogP contribution is 2.54. The van der Waals surface area contributed by atoms with E-state index >= 15 is 0 Å². The summed E-state index contributed by atoms with van der Waals surface area (Å²) in [7, 11) is 0. The first kappa shape index (κ1) is 13.5. The molecule has 1 nitrogen and oxygen atoms in total. The van der Waals surface area contributed by atoms with E-state index in [-0.39, 0.29) is 0 Å². The van der Waals surface area contributed by atoms with Gasteiger partial charge >= 0.3 is 0 Å². The fourth-order valence-corrected chi connectivity index (χ4v) is 4.54. The van der Waals surface area contributed by atoms with Crippen LogP contribution in [0.2, 0.25) is 5.02 Å². The lowest BCUT2D eigenvalue weighted by atomic mass is 9.56. The first-order chi connectivity index (χ1) is 9.22. The Balaban J connectivity index is 1.94. The predicted molar refractivity (Wildman–Crippen MR) is 81.7 cm³/mol. The summed E-state index contributed by atoms with van der Waals surface area (Å²) in [5, 5.41) is 4.45. The van der Waals surface area contributed by atoms with Crippen molar-refractivity contribution < 1.29 is 0 Å². The molecule has 104 valence electrons. The number of benzene rings is 1. The number of halogens is 1. The fraction of sp³-hybridized carbons (Fsp3) is 0.647. The van der Waals surface area contributed by atoms with Gasteiger partial charge in [0.2, 0.25) is 0 Å². The Morgan fingerprint density at radius 3 is 2.68 bits per heavy atom. The number of hydrogen-bond acceptors (Lipinski definition) is 1. The Morgan fingerprint density at radius 2 is 1.95 bits per heavy atom. The van der Waals surface area contributed by atoms with Gasteiger partial charge < -0.3 is 5.32 Å². The molecular weight excluding hydrogens is 254 g/mol. The van der Waals surface area contributed by atoms with E-state index in [0.717, 1.165) is 17.5 Å². The molecule has 0 bridgehead atoms. The molecule has 1 N–H and O–H groups in total. The quantitative estimate of drug-likeness (QED) is 0.790. The van der Waals surface area contributed by atoms with Crippen molar-refractivity contribution in [3.63, 3.8) is 0 Å². The molecule has 2 aliphatic rings. The molecule has 1 saturated heterocycles. The molecule has 2 heteroatoms. The molecule has 1 aromatic carbocycles. The van der Waals surface area contributed by atoms with Crippen LogP contribution in [0.4, 0.5) is 0 Å². The van der Waals surface area contributed by atoms with Crippen molar-refractivity contribution in [1.82, 2.24) is 5.32 Å². The molecule has 1 aliphatic heterocycles. The van der Waals surface area contributed by atoms with Gasteiger partial charge in [0.05, 0.1) is 0 Å². The molecule has 0 amide bonds. The van der Waals surface area contributed by atoms with Crippen LogP contribution in [0.3, 0.4) is 0 Å². The molecule has 1 heterocycles. The van der Waals surface area contributed by atoms with Gasteiger partial charge in [-0.2, -0.15) is 0 Å². The molecule has 1 spiro atoms. The standard InChI is InChI=1S/C17H24ClN/c1-13-4-2-3-9-17(13)10-11-19-12-16(17)14-5-7-15(18)8-6-14/h5-8,13,16,19H,2-4,9-12H2,1H3. The number of rotatable bonds is 1. The minimum Gasteiger partial charge on any atom is -0.316 e. The summed E-state index contributed by atoms with van der Waals surface area (Å²) in [6.45, 7) is 4.80. The maximum atomic E-state index is 6.04. The monoisotopic (exact) mass is 277 g/mol. The van der Waals surface area contributed by atoms with Gasteiger partial charge in [-0.15, -0.1) is 0 Å². The van der Waals surface area contributed by atoms with Crippen molar-refractivity contribution in [2.75, 3.05) is 13.1 Å². The lowest BCUT2D eigenvalue weighted by molar-refractivity contribution is 0.0420. The average molecular weight is 278 g/mol. The first-order valence-electron chi connectivity index (χ1n) is 7.68. The van der Waals surface area contributed by atoms with Crippen LogP contribution in [0.15, 0.2) is 24.3 Å². The van der Waals surface area contributed by atoms with E-state index in [4.69, 9.17) is 11.6 Å². The third-order valence-corrected chi connectivity index (χ3v) is 5.84. The van der Waals surface area contributed by atoms with Crippen molar-refractivity contribution in [2.24, 2.45) is 11.3 Å². The number of hydrogen-bond donors (Lipinski definition) is 1. The molecule has 3 rings (SSSR count). The lowest BCUT2D eigenvalue weighted by Gasteiger charge is -2.51. The second-order valence-electron chi connectivity index (χ2n) is 6.44. The summed E-state index contributed by atoms with van der Waals surface area (Å²) in [6, 6.07) is 8.57. The third-order valence-electron chi connectivity index (χ3n) is 5.59. The summed E-state index contributed by atoms with van der Waals surface area (Å²) in [5.74, 6) is 1.51. The Morgan fingerprint density at radius 1 is 1.16 bits per heavy atom. The van der Waals surface area contributed by atoms with Crippen molar-refractivity contribution in [2.45, 2.75) is 44.9 Å². The largest absolute Gasteiger partial charge is 0.316 e. The molecular formula is C17H24ClN. The van der Waals surface area contributed by atoms with Gasteiger partial charge in [0.25, 0.3) is 0 Å². The van der Waals surface area contributed by atoms with Crippen molar-refractivity contribution in [3.05, 3.63) is 34.9 Å². The second-order valence-corrected chi connectivity index (χ2v) is 6.87.